The Bertz CT molecular complexity index is 947. The summed E-state index contributed by atoms with van der Waals surface area (Å²) in [5.74, 6) is -0.403. The summed E-state index contributed by atoms with van der Waals surface area (Å²) in [7, 11) is -2.55. The second-order valence-corrected chi connectivity index (χ2v) is 6.62. The maximum absolute atomic E-state index is 14.2. The Kier molecular flexibility index (Phi) is 3.37. The molecule has 1 heterocycles. The number of methoxy groups -OCH3 is 1. The number of rotatable bonds is 3. The number of hydrogen-bond acceptors (Lipinski definition) is 4. The number of benzene rings is 2. The summed E-state index contributed by atoms with van der Waals surface area (Å²) in [5, 5.41) is 4.19. The summed E-state index contributed by atoms with van der Waals surface area (Å²) in [6.07, 6.45) is 1.30. The molecule has 7 heteroatoms. The molecule has 5 nitrogen and oxygen atoms in total. The highest BCUT2D eigenvalue weighted by Gasteiger charge is 2.22. The Balaban J connectivity index is 2.24. The van der Waals surface area contributed by atoms with Crippen molar-refractivity contribution < 1.29 is 17.5 Å². The van der Waals surface area contributed by atoms with E-state index in [1.807, 2.05) is 6.92 Å². The molecule has 0 radical (unpaired) electrons. The van der Waals surface area contributed by atoms with Gasteiger partial charge in [0.1, 0.15) is 11.3 Å². The van der Waals surface area contributed by atoms with Crippen LogP contribution in [0.2, 0.25) is 0 Å². The summed E-state index contributed by atoms with van der Waals surface area (Å²) >= 11 is 0. The lowest BCUT2D eigenvalue weighted by atomic mass is 10.2. The predicted molar refractivity (Wildman–Crippen MR) is 80.0 cm³/mol. The molecular weight excluding hydrogens is 307 g/mol. The minimum Gasteiger partial charge on any atom is -0.497 e. The first-order chi connectivity index (χ1) is 10.4. The van der Waals surface area contributed by atoms with Crippen molar-refractivity contribution in [2.24, 2.45) is 0 Å². The van der Waals surface area contributed by atoms with Gasteiger partial charge in [0.15, 0.2) is 5.82 Å². The Hall–Kier alpha value is -2.41. The van der Waals surface area contributed by atoms with Gasteiger partial charge in [-0.05, 0) is 25.1 Å². The molecular formula is C15H13FN2O3S. The third-order valence-electron chi connectivity index (χ3n) is 3.34. The molecule has 0 bridgehead atoms. The maximum Gasteiger partial charge on any atom is 0.283 e. The van der Waals surface area contributed by atoms with Gasteiger partial charge in [-0.25, -0.2) is 4.39 Å². The maximum atomic E-state index is 14.2. The number of halogens is 1. The van der Waals surface area contributed by atoms with E-state index in [9.17, 15) is 12.8 Å². The molecule has 0 atom stereocenters. The highest BCUT2D eigenvalue weighted by molar-refractivity contribution is 7.90. The van der Waals surface area contributed by atoms with Crippen LogP contribution in [0.4, 0.5) is 4.39 Å². The fourth-order valence-electron chi connectivity index (χ4n) is 2.18. The first-order valence-corrected chi connectivity index (χ1v) is 7.91. The molecule has 0 aliphatic rings. The van der Waals surface area contributed by atoms with Gasteiger partial charge in [0.2, 0.25) is 0 Å². The molecule has 22 heavy (non-hydrogen) atoms. The van der Waals surface area contributed by atoms with Crippen molar-refractivity contribution in [3.8, 4) is 5.75 Å². The average molecular weight is 320 g/mol. The molecule has 0 aliphatic carbocycles. The highest BCUT2D eigenvalue weighted by atomic mass is 32.2. The van der Waals surface area contributed by atoms with E-state index < -0.39 is 15.8 Å². The molecule has 2 aromatic carbocycles. The molecule has 0 amide bonds. The fraction of sp³-hybridized carbons (Fsp3) is 0.133. The summed E-state index contributed by atoms with van der Waals surface area (Å²) in [6.45, 7) is 1.85. The van der Waals surface area contributed by atoms with Crippen LogP contribution >= 0.6 is 0 Å². The lowest BCUT2D eigenvalue weighted by Crippen LogP contribution is -2.15. The molecule has 3 aromatic rings. The van der Waals surface area contributed by atoms with Crippen LogP contribution in [-0.2, 0) is 10.0 Å². The van der Waals surface area contributed by atoms with E-state index in [2.05, 4.69) is 5.10 Å². The average Bonchev–Trinajstić information content (AvgIpc) is 2.92. The molecule has 0 saturated heterocycles. The Morgan fingerprint density at radius 1 is 1.18 bits per heavy atom. The van der Waals surface area contributed by atoms with Gasteiger partial charge < -0.3 is 4.74 Å². The molecule has 0 fully saturated rings. The van der Waals surface area contributed by atoms with Gasteiger partial charge in [0, 0.05) is 11.5 Å². The molecule has 3 rings (SSSR count). The monoisotopic (exact) mass is 320 g/mol. The Morgan fingerprint density at radius 3 is 2.50 bits per heavy atom. The van der Waals surface area contributed by atoms with Gasteiger partial charge in [-0.1, -0.05) is 17.7 Å². The number of ether oxygens (including phenoxy) is 1. The van der Waals surface area contributed by atoms with Gasteiger partial charge in [-0.15, -0.1) is 0 Å². The van der Waals surface area contributed by atoms with Crippen LogP contribution < -0.4 is 4.74 Å². The molecule has 0 spiro atoms. The first-order valence-electron chi connectivity index (χ1n) is 6.47. The van der Waals surface area contributed by atoms with E-state index in [1.165, 1.54) is 31.5 Å². The van der Waals surface area contributed by atoms with Crippen molar-refractivity contribution in [2.45, 2.75) is 11.8 Å². The number of aromatic nitrogens is 2. The molecule has 1 aromatic heterocycles. The fourth-order valence-corrected chi connectivity index (χ4v) is 3.46. The van der Waals surface area contributed by atoms with Crippen molar-refractivity contribution >= 4 is 20.9 Å². The second kappa shape index (κ2) is 5.10. The largest absolute Gasteiger partial charge is 0.497 e. The van der Waals surface area contributed by atoms with Crippen molar-refractivity contribution in [3.63, 3.8) is 0 Å². The van der Waals surface area contributed by atoms with Crippen LogP contribution in [0.15, 0.2) is 47.5 Å². The number of nitrogens with zero attached hydrogens (tertiary/aromatic N) is 2. The molecule has 0 unspecified atom stereocenters. The Morgan fingerprint density at radius 2 is 1.86 bits per heavy atom. The summed E-state index contributed by atoms with van der Waals surface area (Å²) in [6, 6.07) is 8.97. The van der Waals surface area contributed by atoms with E-state index in [0.29, 0.717) is 15.2 Å². The van der Waals surface area contributed by atoms with Crippen LogP contribution in [0.1, 0.15) is 5.56 Å². The van der Waals surface area contributed by atoms with Crippen LogP contribution in [0.5, 0.6) is 5.75 Å². The van der Waals surface area contributed by atoms with Gasteiger partial charge >= 0.3 is 0 Å². The minimum absolute atomic E-state index is 0.0540. The summed E-state index contributed by atoms with van der Waals surface area (Å²) in [5.41, 5.74) is 0.835. The predicted octanol–water partition coefficient (Wildman–Crippen LogP) is 2.73. The quantitative estimate of drug-likeness (QED) is 0.744. The van der Waals surface area contributed by atoms with Crippen LogP contribution in [0.25, 0.3) is 10.9 Å². The van der Waals surface area contributed by atoms with E-state index in [0.717, 1.165) is 11.6 Å². The third-order valence-corrected chi connectivity index (χ3v) is 4.94. The van der Waals surface area contributed by atoms with Crippen molar-refractivity contribution in [2.75, 3.05) is 7.11 Å². The van der Waals surface area contributed by atoms with E-state index in [1.54, 1.807) is 12.1 Å². The molecule has 0 aliphatic heterocycles. The smallest absolute Gasteiger partial charge is 0.283 e. The summed E-state index contributed by atoms with van der Waals surface area (Å²) < 4.78 is 45.2. The van der Waals surface area contributed by atoms with Crippen LogP contribution in [0.3, 0.4) is 0 Å². The topological polar surface area (TPSA) is 61.2 Å². The van der Waals surface area contributed by atoms with Crippen LogP contribution in [0, 0.1) is 12.7 Å². The lowest BCUT2D eigenvalue weighted by molar-refractivity contribution is 0.412. The lowest BCUT2D eigenvalue weighted by Gasteiger charge is -2.07. The normalized spacial score (nSPS) is 11.8. The minimum atomic E-state index is -3.96. The molecule has 0 N–H and O–H groups in total. The van der Waals surface area contributed by atoms with E-state index in [4.69, 9.17) is 4.74 Å². The van der Waals surface area contributed by atoms with Crippen molar-refractivity contribution in [1.82, 2.24) is 9.19 Å². The number of aryl methyl sites for hydroxylation is 1. The van der Waals surface area contributed by atoms with Gasteiger partial charge in [-0.3, -0.25) is 0 Å². The zero-order valence-corrected chi connectivity index (χ0v) is 12.8. The zero-order chi connectivity index (χ0) is 15.9. The van der Waals surface area contributed by atoms with Crippen LogP contribution in [-0.4, -0.2) is 24.7 Å². The van der Waals surface area contributed by atoms with E-state index >= 15 is 0 Å². The van der Waals surface area contributed by atoms with Crippen molar-refractivity contribution in [3.05, 3.63) is 54.0 Å². The Labute approximate surface area is 127 Å². The highest BCUT2D eigenvalue weighted by Crippen LogP contribution is 2.27. The van der Waals surface area contributed by atoms with Gasteiger partial charge in [-0.2, -0.15) is 17.6 Å². The zero-order valence-electron chi connectivity index (χ0n) is 11.9. The van der Waals surface area contributed by atoms with Gasteiger partial charge in [0.05, 0.1) is 18.2 Å². The number of hydrogen-bond donors (Lipinski definition) is 0. The molecule has 0 saturated carbocycles. The second-order valence-electron chi connectivity index (χ2n) is 4.85. The third kappa shape index (κ3) is 2.23. The van der Waals surface area contributed by atoms with E-state index in [-0.39, 0.29) is 10.4 Å². The SMILES string of the molecule is COc1cc(F)c2c(cnn2S(=O)(=O)c2ccc(C)cc2)c1. The molecule has 114 valence electrons. The first kappa shape index (κ1) is 14.5. The summed E-state index contributed by atoms with van der Waals surface area (Å²) in [4.78, 5) is 0.0540. The standard InChI is InChI=1S/C15H13FN2O3S/c1-10-3-5-13(6-4-10)22(19,20)18-15-11(9-17-18)7-12(21-2)8-14(15)16/h3-9H,1-2H3. The van der Waals surface area contributed by atoms with Gasteiger partial charge in [0.25, 0.3) is 10.0 Å². The number of fused-ring (bicyclic) bond motifs is 1. The van der Waals surface area contributed by atoms with Crippen molar-refractivity contribution in [1.29, 1.82) is 0 Å².